The van der Waals surface area contributed by atoms with Gasteiger partial charge in [-0.1, -0.05) is 47.0 Å². The maximum atomic E-state index is 4.03. The van der Waals surface area contributed by atoms with Gasteiger partial charge in [0, 0.05) is 10.2 Å². The molecule has 15 heavy (non-hydrogen) atoms. The minimum Gasteiger partial charge on any atom is -0.0628 e. The molecular formula is C14H27Si. The van der Waals surface area contributed by atoms with Crippen molar-refractivity contribution in [2.75, 3.05) is 0 Å². The molecule has 0 nitrogen and oxygen atoms in total. The molecule has 2 atom stereocenters. The molecule has 2 unspecified atom stereocenters. The largest absolute Gasteiger partial charge is 0.0628 e. The fourth-order valence-corrected chi connectivity index (χ4v) is 3.73. The van der Waals surface area contributed by atoms with E-state index in [0.29, 0.717) is 0 Å². The molecule has 3 radical (unpaired) electrons. The average molecular weight is 223 g/mol. The molecule has 1 aliphatic rings. The van der Waals surface area contributed by atoms with Gasteiger partial charge >= 0.3 is 0 Å². The van der Waals surface area contributed by atoms with Crippen LogP contribution >= 0.6 is 0 Å². The van der Waals surface area contributed by atoms with Crippen LogP contribution in [0.15, 0.2) is 0 Å². The van der Waals surface area contributed by atoms with Gasteiger partial charge in [-0.15, -0.1) is 0 Å². The zero-order chi connectivity index (χ0) is 11.4. The van der Waals surface area contributed by atoms with E-state index in [9.17, 15) is 0 Å². The Morgan fingerprint density at radius 2 is 1.33 bits per heavy atom. The van der Waals surface area contributed by atoms with E-state index in [1.807, 2.05) is 0 Å². The summed E-state index contributed by atoms with van der Waals surface area (Å²) < 4.78 is 0. The summed E-state index contributed by atoms with van der Waals surface area (Å²) in [5.41, 5.74) is 0.781. The van der Waals surface area contributed by atoms with Gasteiger partial charge in [0.2, 0.25) is 0 Å². The van der Waals surface area contributed by atoms with Crippen LogP contribution in [0.25, 0.3) is 0 Å². The summed E-state index contributed by atoms with van der Waals surface area (Å²) in [4.78, 5) is 0. The minimum atomic E-state index is 0.781. The second kappa shape index (κ2) is 6.08. The second-order valence-corrected chi connectivity index (χ2v) is 6.90. The van der Waals surface area contributed by atoms with E-state index in [1.54, 1.807) is 0 Å². The molecule has 0 saturated heterocycles. The van der Waals surface area contributed by atoms with Crippen LogP contribution in [-0.4, -0.2) is 10.2 Å². The number of rotatable bonds is 4. The first-order chi connectivity index (χ1) is 7.00. The Morgan fingerprint density at radius 1 is 0.933 bits per heavy atom. The second-order valence-electron chi connectivity index (χ2n) is 6.24. The van der Waals surface area contributed by atoms with Crippen molar-refractivity contribution in [2.45, 2.75) is 65.3 Å². The number of hydrogen-bond donors (Lipinski definition) is 0. The molecule has 0 aromatic carbocycles. The molecule has 0 bridgehead atoms. The summed E-state index contributed by atoms with van der Waals surface area (Å²) in [5.74, 6) is 3.57. The van der Waals surface area contributed by atoms with E-state index in [-0.39, 0.29) is 0 Å². The van der Waals surface area contributed by atoms with E-state index in [1.165, 1.54) is 32.1 Å². The molecule has 1 aliphatic carbocycles. The minimum absolute atomic E-state index is 0.781. The van der Waals surface area contributed by atoms with Gasteiger partial charge < -0.3 is 0 Å². The molecule has 1 rings (SSSR count). The van der Waals surface area contributed by atoms with Gasteiger partial charge in [0.05, 0.1) is 0 Å². The highest BCUT2D eigenvalue weighted by atomic mass is 28.1. The van der Waals surface area contributed by atoms with Crippen LogP contribution < -0.4 is 0 Å². The van der Waals surface area contributed by atoms with Gasteiger partial charge in [-0.05, 0) is 42.1 Å². The lowest BCUT2D eigenvalue weighted by atomic mass is 9.74. The van der Waals surface area contributed by atoms with Crippen molar-refractivity contribution in [3.8, 4) is 0 Å². The monoisotopic (exact) mass is 223 g/mol. The van der Waals surface area contributed by atoms with Crippen LogP contribution in [0.3, 0.4) is 0 Å². The van der Waals surface area contributed by atoms with E-state index >= 15 is 0 Å². The Hall–Kier alpha value is 0.217. The number of hydrogen-bond acceptors (Lipinski definition) is 0. The van der Waals surface area contributed by atoms with Crippen molar-refractivity contribution in [2.24, 2.45) is 23.7 Å². The molecule has 87 valence electrons. The Bertz CT molecular complexity index is 156. The fraction of sp³-hybridized carbons (Fsp3) is 1.00. The fourth-order valence-electron chi connectivity index (χ4n) is 3.13. The summed E-state index contributed by atoms with van der Waals surface area (Å²) in [6.45, 7) is 9.41. The normalized spacial score (nSPS) is 32.6. The van der Waals surface area contributed by atoms with Crippen molar-refractivity contribution in [3.63, 3.8) is 0 Å². The quantitative estimate of drug-likeness (QED) is 0.618. The first-order valence-corrected chi connectivity index (χ1v) is 7.29. The first kappa shape index (κ1) is 13.3. The van der Waals surface area contributed by atoms with Crippen LogP contribution in [0.4, 0.5) is 0 Å². The van der Waals surface area contributed by atoms with E-state index in [4.69, 9.17) is 0 Å². The average Bonchev–Trinajstić information content (AvgIpc) is 2.10. The summed E-state index contributed by atoms with van der Waals surface area (Å²) in [5, 5.41) is 0. The van der Waals surface area contributed by atoms with Crippen LogP contribution in [0.5, 0.6) is 0 Å². The highest BCUT2D eigenvalue weighted by Crippen LogP contribution is 2.43. The molecule has 0 aromatic rings. The van der Waals surface area contributed by atoms with Crippen LogP contribution in [0, 0.1) is 23.7 Å². The van der Waals surface area contributed by atoms with Crippen LogP contribution in [0.2, 0.25) is 5.54 Å². The summed E-state index contributed by atoms with van der Waals surface area (Å²) in [6, 6.07) is 0. The van der Waals surface area contributed by atoms with Crippen LogP contribution in [0.1, 0.15) is 59.8 Å². The third-order valence-electron chi connectivity index (χ3n) is 3.71. The van der Waals surface area contributed by atoms with Gasteiger partial charge in [0.15, 0.2) is 0 Å². The van der Waals surface area contributed by atoms with Crippen molar-refractivity contribution >= 4 is 10.2 Å². The van der Waals surface area contributed by atoms with Crippen LogP contribution in [-0.2, 0) is 0 Å². The first-order valence-electron chi connectivity index (χ1n) is 6.71. The lowest BCUT2D eigenvalue weighted by molar-refractivity contribution is 0.214. The summed E-state index contributed by atoms with van der Waals surface area (Å²) >= 11 is 0. The summed E-state index contributed by atoms with van der Waals surface area (Å²) in [6.07, 6.45) is 7.16. The SMILES string of the molecule is CC(C)CC1CCCC(CC(C)C)C1[Si]. The molecule has 1 fully saturated rings. The zero-order valence-corrected chi connectivity index (χ0v) is 11.9. The standard InChI is InChI=1S/C14H27Si/c1-10(2)8-12-6-5-7-13(14(12)15)9-11(3)4/h10-14H,5-9H2,1-4H3. The third-order valence-corrected chi connectivity index (χ3v) is 4.66. The molecule has 0 amide bonds. The molecule has 1 heteroatoms. The van der Waals surface area contributed by atoms with Crippen molar-refractivity contribution in [3.05, 3.63) is 0 Å². The van der Waals surface area contributed by atoms with Gasteiger partial charge in [-0.2, -0.15) is 0 Å². The van der Waals surface area contributed by atoms with Gasteiger partial charge in [-0.3, -0.25) is 0 Å². The predicted octanol–water partition coefficient (Wildman–Crippen LogP) is 4.45. The molecule has 1 saturated carbocycles. The maximum absolute atomic E-state index is 4.03. The van der Waals surface area contributed by atoms with Gasteiger partial charge in [-0.25, -0.2) is 0 Å². The van der Waals surface area contributed by atoms with Crippen molar-refractivity contribution < 1.29 is 0 Å². The molecule has 0 spiro atoms. The molecular weight excluding hydrogens is 196 g/mol. The smallest absolute Gasteiger partial charge is 0.0273 e. The summed E-state index contributed by atoms with van der Waals surface area (Å²) in [7, 11) is 4.03. The lowest BCUT2D eigenvalue weighted by Crippen LogP contribution is -2.26. The Kier molecular flexibility index (Phi) is 5.38. The highest BCUT2D eigenvalue weighted by Gasteiger charge is 2.30. The maximum Gasteiger partial charge on any atom is 0.0273 e. The molecule has 0 aliphatic heterocycles. The molecule has 0 aromatic heterocycles. The Morgan fingerprint density at radius 3 is 1.67 bits per heavy atom. The molecule has 0 N–H and O–H groups in total. The Balaban J connectivity index is 2.47. The van der Waals surface area contributed by atoms with Gasteiger partial charge in [0.25, 0.3) is 0 Å². The lowest BCUT2D eigenvalue weighted by Gasteiger charge is -2.38. The van der Waals surface area contributed by atoms with Crippen molar-refractivity contribution in [1.82, 2.24) is 0 Å². The van der Waals surface area contributed by atoms with Crippen molar-refractivity contribution in [1.29, 1.82) is 0 Å². The Labute approximate surface area is 99.6 Å². The van der Waals surface area contributed by atoms with E-state index in [2.05, 4.69) is 37.9 Å². The predicted molar refractivity (Wildman–Crippen MR) is 69.2 cm³/mol. The zero-order valence-electron chi connectivity index (χ0n) is 10.9. The third kappa shape index (κ3) is 4.30. The van der Waals surface area contributed by atoms with E-state index < -0.39 is 0 Å². The van der Waals surface area contributed by atoms with E-state index in [0.717, 1.165) is 29.2 Å². The topological polar surface area (TPSA) is 0 Å². The molecule has 0 heterocycles. The highest BCUT2D eigenvalue weighted by molar-refractivity contribution is 6.12. The van der Waals surface area contributed by atoms with Gasteiger partial charge in [0.1, 0.15) is 0 Å².